The third-order valence-electron chi connectivity index (χ3n) is 4.56. The van der Waals surface area contributed by atoms with Crippen LogP contribution in [0.1, 0.15) is 27.6 Å². The lowest BCUT2D eigenvalue weighted by atomic mass is 10.1. The maximum absolute atomic E-state index is 11.8. The van der Waals surface area contributed by atoms with Crippen molar-refractivity contribution >= 4 is 12.2 Å². The van der Waals surface area contributed by atoms with Crippen LogP contribution in [0.15, 0.2) is 90.6 Å². The molecule has 0 heterocycles. The van der Waals surface area contributed by atoms with Crippen molar-refractivity contribution in [1.82, 2.24) is 5.06 Å². The molecule has 0 aliphatic rings. The van der Waals surface area contributed by atoms with Gasteiger partial charge in [0.25, 0.3) is 0 Å². The van der Waals surface area contributed by atoms with Crippen LogP contribution < -0.4 is 4.74 Å². The van der Waals surface area contributed by atoms with Crippen molar-refractivity contribution < 1.29 is 24.3 Å². The molecule has 0 amide bonds. The number of carbonyl (C=O) groups excluding carboxylic acids is 2. The number of hydrogen-bond donors (Lipinski definition) is 1. The van der Waals surface area contributed by atoms with Gasteiger partial charge in [0.2, 0.25) is 0 Å². The molecule has 0 aliphatic carbocycles. The van der Waals surface area contributed by atoms with E-state index in [0.717, 1.165) is 11.8 Å². The Bertz CT molecular complexity index is 999. The van der Waals surface area contributed by atoms with Gasteiger partial charge in [-0.05, 0) is 35.4 Å². The summed E-state index contributed by atoms with van der Waals surface area (Å²) in [7, 11) is 0. The Kier molecular flexibility index (Phi) is 8.14. The van der Waals surface area contributed by atoms with Crippen molar-refractivity contribution in [1.29, 1.82) is 0 Å². The topological polar surface area (TPSA) is 76.1 Å². The molecule has 0 saturated carbocycles. The van der Waals surface area contributed by atoms with Crippen LogP contribution in [0.4, 0.5) is 0 Å². The highest BCUT2D eigenvalue weighted by molar-refractivity contribution is 5.74. The zero-order chi connectivity index (χ0) is 21.9. The van der Waals surface area contributed by atoms with Crippen LogP contribution >= 0.6 is 0 Å². The summed E-state index contributed by atoms with van der Waals surface area (Å²) in [5.41, 5.74) is 1.98. The van der Waals surface area contributed by atoms with Gasteiger partial charge < -0.3 is 9.84 Å². The Labute approximate surface area is 180 Å². The zero-order valence-electron chi connectivity index (χ0n) is 16.9. The average Bonchev–Trinajstić information content (AvgIpc) is 2.84. The minimum atomic E-state index is -1.19. The van der Waals surface area contributed by atoms with Gasteiger partial charge in [-0.2, -0.15) is 0 Å². The Morgan fingerprint density at radius 1 is 0.968 bits per heavy atom. The Morgan fingerprint density at radius 2 is 1.61 bits per heavy atom. The summed E-state index contributed by atoms with van der Waals surface area (Å²) in [4.78, 5) is 28.4. The summed E-state index contributed by atoms with van der Waals surface area (Å²) in [6, 6.07) is 25.0. The molecule has 6 nitrogen and oxygen atoms in total. The maximum atomic E-state index is 11.8. The van der Waals surface area contributed by atoms with Crippen LogP contribution in [0.25, 0.3) is 0 Å². The number of aliphatic hydroxyl groups excluding tert-OH is 1. The number of ether oxygens (including phenoxy) is 1. The van der Waals surface area contributed by atoms with E-state index < -0.39 is 6.10 Å². The molecule has 3 aromatic rings. The Balaban J connectivity index is 1.70. The molecule has 31 heavy (non-hydrogen) atoms. The van der Waals surface area contributed by atoms with Gasteiger partial charge in [0.1, 0.15) is 24.7 Å². The van der Waals surface area contributed by atoms with Gasteiger partial charge in [-0.1, -0.05) is 60.7 Å². The molecule has 3 rings (SSSR count). The molecule has 158 valence electrons. The fraction of sp³-hybridized carbons (Fsp3) is 0.160. The van der Waals surface area contributed by atoms with Crippen molar-refractivity contribution in [3.63, 3.8) is 0 Å². The first-order valence-corrected chi connectivity index (χ1v) is 9.81. The van der Waals surface area contributed by atoms with Crippen molar-refractivity contribution in [2.45, 2.75) is 12.7 Å². The van der Waals surface area contributed by atoms with Crippen molar-refractivity contribution in [2.24, 2.45) is 0 Å². The lowest BCUT2D eigenvalue weighted by Crippen LogP contribution is -2.31. The lowest BCUT2D eigenvalue weighted by molar-refractivity contribution is -0.156. The summed E-state index contributed by atoms with van der Waals surface area (Å²) < 4.78 is 5.71. The molecule has 1 N–H and O–H groups in total. The summed E-state index contributed by atoms with van der Waals surface area (Å²) in [6.45, 7) is 0.570. The van der Waals surface area contributed by atoms with Gasteiger partial charge in [0.05, 0.1) is 13.2 Å². The highest BCUT2D eigenvalue weighted by Crippen LogP contribution is 2.23. The van der Waals surface area contributed by atoms with Crippen molar-refractivity contribution in [2.75, 3.05) is 13.2 Å². The van der Waals surface area contributed by atoms with Crippen molar-refractivity contribution in [3.05, 3.63) is 107 Å². The monoisotopic (exact) mass is 417 g/mol. The third-order valence-corrected chi connectivity index (χ3v) is 4.56. The largest absolute Gasteiger partial charge is 0.492 e. The average molecular weight is 417 g/mol. The normalized spacial score (nSPS) is 11.3. The lowest BCUT2D eigenvalue weighted by Gasteiger charge is -2.27. The van der Waals surface area contributed by atoms with Gasteiger partial charge in [-0.15, -0.1) is 0 Å². The van der Waals surface area contributed by atoms with E-state index >= 15 is 0 Å². The van der Waals surface area contributed by atoms with E-state index in [-0.39, 0.29) is 25.5 Å². The highest BCUT2D eigenvalue weighted by Gasteiger charge is 2.22. The number of nitrogens with zero attached hydrogens (tertiary/aromatic N) is 1. The van der Waals surface area contributed by atoms with E-state index in [2.05, 4.69) is 0 Å². The summed E-state index contributed by atoms with van der Waals surface area (Å²) in [5.74, 6) is 2.40. The first-order chi connectivity index (χ1) is 15.2. The fourth-order valence-electron chi connectivity index (χ4n) is 2.91. The van der Waals surface area contributed by atoms with Gasteiger partial charge in [-0.25, -0.2) is 9.86 Å². The predicted molar refractivity (Wildman–Crippen MR) is 116 cm³/mol. The van der Waals surface area contributed by atoms with Crippen LogP contribution in [0, 0.1) is 0 Å². The molecular formula is C25H23NO5. The van der Waals surface area contributed by atoms with E-state index in [0.29, 0.717) is 16.9 Å². The minimum absolute atomic E-state index is 0.0398. The molecule has 0 saturated heterocycles. The van der Waals surface area contributed by atoms with Crippen LogP contribution in [-0.2, 0) is 16.2 Å². The van der Waals surface area contributed by atoms with Gasteiger partial charge >= 0.3 is 0 Å². The first-order valence-electron chi connectivity index (χ1n) is 9.81. The Morgan fingerprint density at radius 3 is 2.23 bits per heavy atom. The van der Waals surface area contributed by atoms with Gasteiger partial charge in [-0.3, -0.25) is 9.63 Å². The first kappa shape index (κ1) is 22.0. The zero-order valence-corrected chi connectivity index (χ0v) is 16.9. The number of aldehydes is 1. The second kappa shape index (κ2) is 11.5. The molecule has 1 unspecified atom stereocenters. The number of aliphatic hydroxyl groups is 1. The molecule has 0 fully saturated rings. The van der Waals surface area contributed by atoms with Gasteiger partial charge in [0.15, 0.2) is 11.6 Å². The van der Waals surface area contributed by atoms with Crippen molar-refractivity contribution in [3.8, 4) is 5.75 Å². The molecule has 0 aliphatic heterocycles. The van der Waals surface area contributed by atoms with Crippen LogP contribution in [0.5, 0.6) is 5.75 Å². The standard InChI is InChI=1S/C25H23NO5/c27-17-20-11-13-23(14-12-20)30-16-15-26(31-19-21-7-3-1-4-8-21)24(18-28)25(29)22-9-5-2-6-10-22/h1-14,17,25,29H,15-16,19H2. The molecule has 3 aromatic carbocycles. The molecular weight excluding hydrogens is 394 g/mol. The number of hydrogen-bond acceptors (Lipinski definition) is 6. The SMILES string of the molecule is O=C=C(C(O)c1ccccc1)N(CCOc1ccc(C=O)cc1)OCc1ccccc1. The van der Waals surface area contributed by atoms with Crippen LogP contribution in [0.3, 0.4) is 0 Å². The van der Waals surface area contributed by atoms with E-state index in [4.69, 9.17) is 9.57 Å². The summed E-state index contributed by atoms with van der Waals surface area (Å²) >= 11 is 0. The molecule has 0 bridgehead atoms. The van der Waals surface area contributed by atoms with Crippen LogP contribution in [0.2, 0.25) is 0 Å². The van der Waals surface area contributed by atoms with E-state index in [1.807, 2.05) is 42.3 Å². The van der Waals surface area contributed by atoms with E-state index in [1.54, 1.807) is 48.5 Å². The Hall–Kier alpha value is -3.70. The molecule has 6 heteroatoms. The molecule has 0 spiro atoms. The maximum Gasteiger partial charge on any atom is 0.157 e. The predicted octanol–water partition coefficient (Wildman–Crippen LogP) is 3.76. The highest BCUT2D eigenvalue weighted by atomic mass is 16.7. The fourth-order valence-corrected chi connectivity index (χ4v) is 2.91. The number of carbonyl (C=O) groups is 1. The summed E-state index contributed by atoms with van der Waals surface area (Å²) in [5, 5.41) is 12.0. The minimum Gasteiger partial charge on any atom is -0.492 e. The molecule has 0 aromatic heterocycles. The second-order valence-electron chi connectivity index (χ2n) is 6.70. The smallest absolute Gasteiger partial charge is 0.157 e. The number of rotatable bonds is 11. The quantitative estimate of drug-likeness (QED) is 0.291. The summed E-state index contributed by atoms with van der Waals surface area (Å²) in [6.07, 6.45) is -0.434. The molecule has 0 radical (unpaired) electrons. The number of hydroxylamine groups is 2. The van der Waals surface area contributed by atoms with E-state index in [1.165, 1.54) is 5.06 Å². The third kappa shape index (κ3) is 6.39. The number of benzene rings is 3. The molecule has 1 atom stereocenters. The van der Waals surface area contributed by atoms with Gasteiger partial charge in [0, 0.05) is 5.56 Å². The second-order valence-corrected chi connectivity index (χ2v) is 6.70. The van der Waals surface area contributed by atoms with Crippen LogP contribution in [-0.4, -0.2) is 35.5 Å². The van der Waals surface area contributed by atoms with E-state index in [9.17, 15) is 14.7 Å².